The van der Waals surface area contributed by atoms with Gasteiger partial charge in [0.25, 0.3) is 0 Å². The lowest BCUT2D eigenvalue weighted by molar-refractivity contribution is -0.120. The van der Waals surface area contributed by atoms with Gasteiger partial charge in [0.05, 0.1) is 11.6 Å². The van der Waals surface area contributed by atoms with Crippen LogP contribution in [0.15, 0.2) is 12.1 Å². The van der Waals surface area contributed by atoms with Crippen LogP contribution in [-0.4, -0.2) is 42.4 Å². The molecule has 2 fully saturated rings. The normalized spacial score (nSPS) is 25.6. The van der Waals surface area contributed by atoms with E-state index < -0.39 is 0 Å². The largest absolute Gasteiger partial charge is 0.326 e. The molecule has 1 saturated carbocycles. The molecule has 28 heavy (non-hydrogen) atoms. The summed E-state index contributed by atoms with van der Waals surface area (Å²) in [4.78, 5) is 29.7. The summed E-state index contributed by atoms with van der Waals surface area (Å²) in [5, 5.41) is 3.21. The molecule has 0 radical (unpaired) electrons. The Morgan fingerprint density at radius 2 is 1.71 bits per heavy atom. The second-order valence-corrected chi connectivity index (χ2v) is 9.05. The highest BCUT2D eigenvalue weighted by atomic mass is 16.2. The van der Waals surface area contributed by atoms with Crippen LogP contribution in [0.5, 0.6) is 0 Å². The summed E-state index contributed by atoms with van der Waals surface area (Å²) in [6.45, 7) is 2.81. The van der Waals surface area contributed by atoms with Gasteiger partial charge in [-0.05, 0) is 68.3 Å². The van der Waals surface area contributed by atoms with Gasteiger partial charge in [0, 0.05) is 31.2 Å². The molecule has 5 nitrogen and oxygen atoms in total. The Labute approximate surface area is 167 Å². The number of anilines is 2. The molecule has 0 bridgehead atoms. The molecular formula is C23H31N3O2. The minimum absolute atomic E-state index is 0.104. The van der Waals surface area contributed by atoms with Crippen molar-refractivity contribution in [3.63, 3.8) is 0 Å². The highest BCUT2D eigenvalue weighted by molar-refractivity contribution is 5.99. The van der Waals surface area contributed by atoms with Gasteiger partial charge in [-0.25, -0.2) is 0 Å². The monoisotopic (exact) mass is 381 g/mol. The zero-order chi connectivity index (χ0) is 19.1. The van der Waals surface area contributed by atoms with Crippen LogP contribution >= 0.6 is 0 Å². The molecule has 1 N–H and O–H groups in total. The SMILES string of the molecule is O=C(Nc1cc2c3c(c1)CCC(=O)N3CCC2)C1CCN(C2CCCCC2)C1. The molecule has 4 aliphatic rings. The molecule has 0 spiro atoms. The molecule has 5 rings (SSSR count). The standard InChI is InChI=1S/C23H31N3O2/c27-21-9-8-17-14-19(13-16-5-4-11-26(21)22(16)17)24-23(28)18-10-12-25(15-18)20-6-2-1-3-7-20/h13-14,18,20H,1-12,15H2,(H,24,28). The van der Waals surface area contributed by atoms with E-state index in [1.54, 1.807) is 0 Å². The third-order valence-electron chi connectivity index (χ3n) is 7.22. The highest BCUT2D eigenvalue weighted by Gasteiger charge is 2.34. The summed E-state index contributed by atoms with van der Waals surface area (Å²) in [7, 11) is 0. The van der Waals surface area contributed by atoms with E-state index in [1.807, 2.05) is 4.90 Å². The van der Waals surface area contributed by atoms with Crippen molar-refractivity contribution in [2.24, 2.45) is 5.92 Å². The summed E-state index contributed by atoms with van der Waals surface area (Å²) in [5.41, 5.74) is 4.50. The second kappa shape index (κ2) is 7.51. The first-order valence-corrected chi connectivity index (χ1v) is 11.2. The Hall–Kier alpha value is -1.88. The first-order valence-electron chi connectivity index (χ1n) is 11.2. The van der Waals surface area contributed by atoms with Crippen molar-refractivity contribution in [3.8, 4) is 0 Å². The van der Waals surface area contributed by atoms with Crippen molar-refractivity contribution in [3.05, 3.63) is 23.3 Å². The van der Waals surface area contributed by atoms with Crippen LogP contribution < -0.4 is 10.2 Å². The van der Waals surface area contributed by atoms with Gasteiger partial charge in [-0.3, -0.25) is 14.5 Å². The lowest BCUT2D eigenvalue weighted by atomic mass is 9.91. The highest BCUT2D eigenvalue weighted by Crippen LogP contribution is 2.38. The Morgan fingerprint density at radius 1 is 0.929 bits per heavy atom. The van der Waals surface area contributed by atoms with Crippen LogP contribution in [-0.2, 0) is 22.4 Å². The van der Waals surface area contributed by atoms with Crippen molar-refractivity contribution in [1.82, 2.24) is 4.90 Å². The zero-order valence-corrected chi connectivity index (χ0v) is 16.7. The number of likely N-dealkylation sites (tertiary alicyclic amines) is 1. The van der Waals surface area contributed by atoms with Gasteiger partial charge in [0.15, 0.2) is 0 Å². The van der Waals surface area contributed by atoms with E-state index in [0.717, 1.165) is 56.7 Å². The Morgan fingerprint density at radius 3 is 2.54 bits per heavy atom. The second-order valence-electron chi connectivity index (χ2n) is 9.05. The van der Waals surface area contributed by atoms with Crippen molar-refractivity contribution >= 4 is 23.2 Å². The Balaban J connectivity index is 1.28. The predicted octanol–water partition coefficient (Wildman–Crippen LogP) is 3.51. The van der Waals surface area contributed by atoms with Crippen LogP contribution in [0.1, 0.15) is 62.5 Å². The third kappa shape index (κ3) is 3.34. The van der Waals surface area contributed by atoms with Gasteiger partial charge >= 0.3 is 0 Å². The average Bonchev–Trinajstić information content (AvgIpc) is 3.22. The summed E-state index contributed by atoms with van der Waals surface area (Å²) < 4.78 is 0. The van der Waals surface area contributed by atoms with E-state index in [0.29, 0.717) is 12.5 Å². The topological polar surface area (TPSA) is 52.7 Å². The molecule has 5 heteroatoms. The Kier molecular flexibility index (Phi) is 4.87. The molecule has 1 atom stereocenters. The summed E-state index contributed by atoms with van der Waals surface area (Å²) >= 11 is 0. The summed E-state index contributed by atoms with van der Waals surface area (Å²) in [6.07, 6.45) is 11.0. The molecule has 2 amide bonds. The van der Waals surface area contributed by atoms with Crippen molar-refractivity contribution in [1.29, 1.82) is 0 Å². The number of carbonyl (C=O) groups is 2. The van der Waals surface area contributed by atoms with E-state index >= 15 is 0 Å². The lowest BCUT2D eigenvalue weighted by Crippen LogP contribution is -2.39. The summed E-state index contributed by atoms with van der Waals surface area (Å²) in [5.74, 6) is 0.524. The van der Waals surface area contributed by atoms with Crippen LogP contribution in [0.4, 0.5) is 11.4 Å². The number of nitrogens with zero attached hydrogens (tertiary/aromatic N) is 2. The number of benzene rings is 1. The number of amides is 2. The van der Waals surface area contributed by atoms with Gasteiger partial charge in [-0.15, -0.1) is 0 Å². The van der Waals surface area contributed by atoms with Crippen molar-refractivity contribution in [2.75, 3.05) is 29.9 Å². The number of rotatable bonds is 3. The molecule has 1 aromatic rings. The fourth-order valence-electron chi connectivity index (χ4n) is 5.75. The number of hydrogen-bond donors (Lipinski definition) is 1. The molecule has 1 unspecified atom stereocenters. The van der Waals surface area contributed by atoms with E-state index in [-0.39, 0.29) is 17.7 Å². The molecule has 0 aromatic heterocycles. The van der Waals surface area contributed by atoms with E-state index in [4.69, 9.17) is 0 Å². The van der Waals surface area contributed by atoms with Crippen molar-refractivity contribution < 1.29 is 9.59 Å². The van der Waals surface area contributed by atoms with Crippen molar-refractivity contribution in [2.45, 2.75) is 70.3 Å². The maximum atomic E-state index is 12.9. The van der Waals surface area contributed by atoms with E-state index in [1.165, 1.54) is 43.2 Å². The van der Waals surface area contributed by atoms with E-state index in [9.17, 15) is 9.59 Å². The fourth-order valence-corrected chi connectivity index (χ4v) is 5.75. The smallest absolute Gasteiger partial charge is 0.228 e. The molecule has 1 aliphatic carbocycles. The van der Waals surface area contributed by atoms with Crippen LogP contribution in [0.25, 0.3) is 0 Å². The number of nitrogens with one attached hydrogen (secondary N) is 1. The molecule has 1 saturated heterocycles. The van der Waals surface area contributed by atoms with Gasteiger partial charge in [0.1, 0.15) is 0 Å². The average molecular weight is 382 g/mol. The first kappa shape index (κ1) is 18.2. The van der Waals surface area contributed by atoms with Gasteiger partial charge < -0.3 is 10.2 Å². The maximum absolute atomic E-state index is 12.9. The van der Waals surface area contributed by atoms with Crippen LogP contribution in [0.3, 0.4) is 0 Å². The van der Waals surface area contributed by atoms with Gasteiger partial charge in [-0.1, -0.05) is 19.3 Å². The predicted molar refractivity (Wildman–Crippen MR) is 111 cm³/mol. The molecule has 1 aromatic carbocycles. The molecule has 3 heterocycles. The third-order valence-corrected chi connectivity index (χ3v) is 7.22. The molecule has 150 valence electrons. The number of aryl methyl sites for hydroxylation is 2. The van der Waals surface area contributed by atoms with E-state index in [2.05, 4.69) is 22.3 Å². The Bertz CT molecular complexity index is 767. The first-order chi connectivity index (χ1) is 13.7. The fraction of sp³-hybridized carbons (Fsp3) is 0.652. The molecular weight excluding hydrogens is 350 g/mol. The quantitative estimate of drug-likeness (QED) is 0.872. The minimum atomic E-state index is 0.104. The van der Waals surface area contributed by atoms with Crippen LogP contribution in [0, 0.1) is 5.92 Å². The lowest BCUT2D eigenvalue weighted by Gasteiger charge is -2.35. The van der Waals surface area contributed by atoms with Crippen LogP contribution in [0.2, 0.25) is 0 Å². The number of hydrogen-bond acceptors (Lipinski definition) is 3. The minimum Gasteiger partial charge on any atom is -0.326 e. The summed E-state index contributed by atoms with van der Waals surface area (Å²) in [6, 6.07) is 4.91. The zero-order valence-electron chi connectivity index (χ0n) is 16.7. The van der Waals surface area contributed by atoms with Gasteiger partial charge in [-0.2, -0.15) is 0 Å². The number of carbonyl (C=O) groups excluding carboxylic acids is 2. The molecule has 3 aliphatic heterocycles. The van der Waals surface area contributed by atoms with Gasteiger partial charge in [0.2, 0.25) is 11.8 Å². The maximum Gasteiger partial charge on any atom is 0.228 e.